The van der Waals surface area contributed by atoms with E-state index >= 15 is 0 Å². The van der Waals surface area contributed by atoms with Gasteiger partial charge < -0.3 is 18.9 Å². The monoisotopic (exact) mass is 754 g/mol. The van der Waals surface area contributed by atoms with Crippen molar-refractivity contribution in [2.24, 2.45) is 10.8 Å². The molecule has 0 saturated heterocycles. The smallest absolute Gasteiger partial charge is 0.423 e. The van der Waals surface area contributed by atoms with Gasteiger partial charge in [0.25, 0.3) is 0 Å². The Morgan fingerprint density at radius 1 is 0.609 bits per heavy atom. The van der Waals surface area contributed by atoms with Gasteiger partial charge in [-0.15, -0.1) is 0 Å². The highest BCUT2D eigenvalue weighted by Gasteiger charge is 2.37. The summed E-state index contributed by atoms with van der Waals surface area (Å²) in [6.45, 7) is 4.33. The number of hydrogen-bond acceptors (Lipinski definition) is 8. The van der Waals surface area contributed by atoms with Gasteiger partial charge in [-0.25, -0.2) is 19.2 Å². The number of ether oxygens (including phenoxy) is 4. The van der Waals surface area contributed by atoms with E-state index in [1.165, 1.54) is 0 Å². The second kappa shape index (κ2) is 15.5. The maximum Gasteiger partial charge on any atom is 0.423 e. The number of benzene rings is 2. The highest BCUT2D eigenvalue weighted by molar-refractivity contribution is 6.47. The van der Waals surface area contributed by atoms with Gasteiger partial charge in [0.15, 0.2) is 11.5 Å². The van der Waals surface area contributed by atoms with E-state index in [1.807, 2.05) is 0 Å². The first-order valence-electron chi connectivity index (χ1n) is 14.9. The SMILES string of the molecule is CCC1(CCOC(=O)c2c(Cl)c(Cl)cc(Cl)c2OC(=O)C(=O)Oc2c(Cl)cc(Cl)c(Cl)c2C(=O)OCCC2(CC)CCC2)CCC1. The molecule has 4 rings (SSSR count). The van der Waals surface area contributed by atoms with Gasteiger partial charge in [-0.1, -0.05) is 109 Å². The van der Waals surface area contributed by atoms with Crippen LogP contribution in [0.2, 0.25) is 30.1 Å². The van der Waals surface area contributed by atoms with Crippen LogP contribution in [0.15, 0.2) is 12.1 Å². The largest absolute Gasteiger partial charge is 0.462 e. The molecule has 0 N–H and O–H groups in total. The standard InChI is InChI=1S/C32H32Cl6O8/c1-3-31(7-5-8-31)11-13-43-27(39)21-23(37)17(33)15-19(35)25(21)45-29(41)30(42)46-26-20(36)16-18(34)24(38)22(26)28(40)44-14-12-32(4-2)9-6-10-32/h15-16H,3-14H2,1-2H3. The molecule has 0 bridgehead atoms. The summed E-state index contributed by atoms with van der Waals surface area (Å²) in [6.07, 6.45) is 9.55. The first-order valence-corrected chi connectivity index (χ1v) is 17.2. The molecule has 0 radical (unpaired) electrons. The van der Waals surface area contributed by atoms with Gasteiger partial charge in [0.05, 0.1) is 43.3 Å². The maximum absolute atomic E-state index is 13.1. The molecule has 0 atom stereocenters. The normalized spacial score (nSPS) is 16.1. The van der Waals surface area contributed by atoms with Crippen LogP contribution in [-0.4, -0.2) is 37.1 Å². The fourth-order valence-electron chi connectivity index (χ4n) is 5.77. The summed E-state index contributed by atoms with van der Waals surface area (Å²) in [5.74, 6) is -6.33. The van der Waals surface area contributed by atoms with Gasteiger partial charge in [0.2, 0.25) is 0 Å². The molecule has 0 aromatic heterocycles. The van der Waals surface area contributed by atoms with E-state index in [4.69, 9.17) is 88.6 Å². The molecule has 0 amide bonds. The Hall–Kier alpha value is -1.94. The van der Waals surface area contributed by atoms with E-state index in [1.54, 1.807) is 0 Å². The third kappa shape index (κ3) is 8.01. The Kier molecular flexibility index (Phi) is 12.4. The lowest BCUT2D eigenvalue weighted by Crippen LogP contribution is -2.30. The second-order valence-electron chi connectivity index (χ2n) is 11.7. The molecule has 0 unspecified atom stereocenters. The third-order valence-electron chi connectivity index (χ3n) is 9.28. The van der Waals surface area contributed by atoms with Crippen molar-refractivity contribution in [3.05, 3.63) is 53.4 Å². The lowest BCUT2D eigenvalue weighted by Gasteiger charge is -2.41. The van der Waals surface area contributed by atoms with E-state index < -0.39 is 46.5 Å². The van der Waals surface area contributed by atoms with Crippen molar-refractivity contribution in [2.45, 2.75) is 78.1 Å². The Balaban J connectivity index is 1.51. The predicted octanol–water partition coefficient (Wildman–Crippen LogP) is 10.4. The molecular weight excluding hydrogens is 725 g/mol. The molecule has 0 heterocycles. The molecule has 2 aliphatic carbocycles. The Labute approximate surface area is 297 Å². The molecule has 2 saturated carbocycles. The van der Waals surface area contributed by atoms with Gasteiger partial charge in [-0.05, 0) is 61.5 Å². The van der Waals surface area contributed by atoms with Crippen molar-refractivity contribution in [1.82, 2.24) is 0 Å². The average Bonchev–Trinajstić information content (AvgIpc) is 2.97. The van der Waals surface area contributed by atoms with Crippen molar-refractivity contribution in [3.63, 3.8) is 0 Å². The number of carbonyl (C=O) groups excluding carboxylic acids is 4. The van der Waals surface area contributed by atoms with E-state index in [0.29, 0.717) is 12.8 Å². The van der Waals surface area contributed by atoms with E-state index in [2.05, 4.69) is 13.8 Å². The lowest BCUT2D eigenvalue weighted by molar-refractivity contribution is -0.156. The van der Waals surface area contributed by atoms with Crippen LogP contribution in [0.4, 0.5) is 0 Å². The molecule has 0 aliphatic heterocycles. The minimum atomic E-state index is -1.63. The quantitative estimate of drug-likeness (QED) is 0.0912. The van der Waals surface area contributed by atoms with Crippen LogP contribution in [-0.2, 0) is 19.1 Å². The third-order valence-corrected chi connectivity index (χ3v) is 11.4. The highest BCUT2D eigenvalue weighted by Crippen LogP contribution is 2.48. The van der Waals surface area contributed by atoms with Crippen molar-refractivity contribution in [2.75, 3.05) is 13.2 Å². The van der Waals surface area contributed by atoms with E-state index in [-0.39, 0.29) is 54.2 Å². The average molecular weight is 757 g/mol. The second-order valence-corrected chi connectivity index (χ2v) is 14.1. The van der Waals surface area contributed by atoms with E-state index in [0.717, 1.165) is 63.5 Å². The Bertz CT molecular complexity index is 1410. The van der Waals surface area contributed by atoms with Crippen LogP contribution in [0.25, 0.3) is 0 Å². The molecule has 2 aliphatic rings. The van der Waals surface area contributed by atoms with Gasteiger partial charge in [-0.2, -0.15) is 0 Å². The van der Waals surface area contributed by atoms with Crippen LogP contribution >= 0.6 is 69.6 Å². The zero-order valence-corrected chi connectivity index (χ0v) is 29.7. The van der Waals surface area contributed by atoms with Crippen LogP contribution < -0.4 is 9.47 Å². The molecule has 250 valence electrons. The van der Waals surface area contributed by atoms with Gasteiger partial charge in [-0.3, -0.25) is 0 Å². The molecule has 46 heavy (non-hydrogen) atoms. The van der Waals surface area contributed by atoms with Crippen LogP contribution in [0.3, 0.4) is 0 Å². The zero-order chi connectivity index (χ0) is 33.8. The number of halogens is 6. The fourth-order valence-corrected chi connectivity index (χ4v) is 7.21. The van der Waals surface area contributed by atoms with Crippen molar-refractivity contribution in [3.8, 4) is 11.5 Å². The topological polar surface area (TPSA) is 105 Å². The summed E-state index contributed by atoms with van der Waals surface area (Å²) in [5, 5.41) is -1.44. The highest BCUT2D eigenvalue weighted by atomic mass is 35.5. The maximum atomic E-state index is 13.1. The first kappa shape index (κ1) is 36.9. The van der Waals surface area contributed by atoms with Crippen molar-refractivity contribution >= 4 is 93.5 Å². The summed E-state index contributed by atoms with van der Waals surface area (Å²) in [6, 6.07) is 2.26. The van der Waals surface area contributed by atoms with Crippen molar-refractivity contribution < 1.29 is 38.1 Å². The van der Waals surface area contributed by atoms with Crippen LogP contribution in [0, 0.1) is 10.8 Å². The number of esters is 4. The minimum Gasteiger partial charge on any atom is -0.462 e. The number of rotatable bonds is 12. The summed E-state index contributed by atoms with van der Waals surface area (Å²) in [5.41, 5.74) is -0.679. The van der Waals surface area contributed by atoms with Crippen molar-refractivity contribution in [1.29, 1.82) is 0 Å². The predicted molar refractivity (Wildman–Crippen MR) is 177 cm³/mol. The van der Waals surface area contributed by atoms with Crippen LogP contribution in [0.5, 0.6) is 11.5 Å². The molecule has 0 spiro atoms. The number of hydrogen-bond donors (Lipinski definition) is 0. The van der Waals surface area contributed by atoms with Gasteiger partial charge in [0.1, 0.15) is 11.1 Å². The Morgan fingerprint density at radius 3 is 1.24 bits per heavy atom. The minimum absolute atomic E-state index is 0.0801. The van der Waals surface area contributed by atoms with Gasteiger partial charge in [0, 0.05) is 0 Å². The summed E-state index contributed by atoms with van der Waals surface area (Å²) in [4.78, 5) is 52.2. The molecule has 8 nitrogen and oxygen atoms in total. The van der Waals surface area contributed by atoms with Gasteiger partial charge >= 0.3 is 23.9 Å². The molecular formula is C32H32Cl6O8. The lowest BCUT2D eigenvalue weighted by atomic mass is 9.65. The van der Waals surface area contributed by atoms with E-state index in [9.17, 15) is 19.2 Å². The summed E-state index contributed by atoms with van der Waals surface area (Å²) >= 11 is 37.4. The Morgan fingerprint density at radius 2 is 0.957 bits per heavy atom. The first-order chi connectivity index (χ1) is 21.8. The fraction of sp³-hybridized carbons (Fsp3) is 0.500. The molecule has 2 aromatic carbocycles. The molecule has 14 heteroatoms. The van der Waals surface area contributed by atoms with Crippen LogP contribution in [0.1, 0.15) is 98.8 Å². The summed E-state index contributed by atoms with van der Waals surface area (Å²) in [7, 11) is 0. The molecule has 2 aromatic rings. The number of carbonyl (C=O) groups is 4. The zero-order valence-electron chi connectivity index (χ0n) is 25.2. The molecule has 2 fully saturated rings. The summed E-state index contributed by atoms with van der Waals surface area (Å²) < 4.78 is 21.3.